The molecular formula is C28H28O10Ti. The van der Waals surface area contributed by atoms with Crippen molar-refractivity contribution in [2.45, 2.75) is 0 Å². The van der Waals surface area contributed by atoms with Crippen LogP contribution in [0.3, 0.4) is 0 Å². The molecule has 0 atom stereocenters. The molecule has 204 valence electrons. The maximum atomic E-state index is 10.2. The monoisotopic (exact) mass is 572 g/mol. The predicted molar refractivity (Wildman–Crippen MR) is 141 cm³/mol. The smallest absolute Gasteiger partial charge is 0.335 e. The Kier molecular flexibility index (Phi) is 22.5. The largest absolute Gasteiger partial charge is 0.478 e. The molecule has 4 rings (SSSR count). The topological polar surface area (TPSA) is 212 Å². The van der Waals surface area contributed by atoms with Crippen molar-refractivity contribution < 1.29 is 72.3 Å². The molecule has 0 aliphatic carbocycles. The molecule has 0 amide bonds. The second kappa shape index (κ2) is 22.6. The van der Waals surface area contributed by atoms with E-state index >= 15 is 0 Å². The van der Waals surface area contributed by atoms with Gasteiger partial charge in [0.05, 0.1) is 22.3 Å². The van der Waals surface area contributed by atoms with Crippen LogP contribution >= 0.6 is 0 Å². The number of benzene rings is 4. The minimum Gasteiger partial charge on any atom is -0.478 e. The molecule has 10 nitrogen and oxygen atoms in total. The van der Waals surface area contributed by atoms with Crippen molar-refractivity contribution in [2.24, 2.45) is 0 Å². The minimum absolute atomic E-state index is 0. The van der Waals surface area contributed by atoms with Crippen LogP contribution in [0.2, 0.25) is 0 Å². The zero-order chi connectivity index (χ0) is 26.8. The number of carbonyl (C=O) groups is 4. The van der Waals surface area contributed by atoms with Crippen molar-refractivity contribution >= 4 is 23.9 Å². The molecule has 8 N–H and O–H groups in total. The van der Waals surface area contributed by atoms with E-state index in [0.29, 0.717) is 22.3 Å². The Morgan fingerprint density at radius 3 is 0.538 bits per heavy atom. The van der Waals surface area contributed by atoms with Crippen LogP contribution in [0, 0.1) is 0 Å². The molecule has 0 spiro atoms. The van der Waals surface area contributed by atoms with E-state index in [1.54, 1.807) is 121 Å². The van der Waals surface area contributed by atoms with Gasteiger partial charge in [0.15, 0.2) is 0 Å². The molecule has 4 aromatic rings. The number of hydrogen-bond acceptors (Lipinski definition) is 4. The van der Waals surface area contributed by atoms with E-state index in [9.17, 15) is 19.2 Å². The van der Waals surface area contributed by atoms with Gasteiger partial charge in [-0.25, -0.2) is 19.2 Å². The first kappa shape index (κ1) is 38.9. The number of hydrogen-bond donors (Lipinski definition) is 4. The van der Waals surface area contributed by atoms with Crippen molar-refractivity contribution in [3.63, 3.8) is 0 Å². The summed E-state index contributed by atoms with van der Waals surface area (Å²) < 4.78 is 0. The molecule has 0 bridgehead atoms. The van der Waals surface area contributed by atoms with Gasteiger partial charge in [0, 0.05) is 21.7 Å². The molecule has 11 heteroatoms. The van der Waals surface area contributed by atoms with Crippen molar-refractivity contribution in [1.82, 2.24) is 0 Å². The molecule has 0 aliphatic rings. The van der Waals surface area contributed by atoms with Crippen molar-refractivity contribution in [3.8, 4) is 0 Å². The molecule has 0 aliphatic heterocycles. The van der Waals surface area contributed by atoms with Crippen molar-refractivity contribution in [3.05, 3.63) is 144 Å². The van der Waals surface area contributed by atoms with Gasteiger partial charge < -0.3 is 31.4 Å². The maximum absolute atomic E-state index is 10.2. The fraction of sp³-hybridized carbons (Fsp3) is 0. The van der Waals surface area contributed by atoms with Crippen LogP contribution in [0.25, 0.3) is 0 Å². The first-order valence-corrected chi connectivity index (χ1v) is 10.4. The molecule has 0 saturated carbocycles. The standard InChI is InChI=1S/4C7H6O2.2H2O.Ti/c4*8-7(9)6-4-2-1-3-5-6;;;/h4*1-5H,(H,8,9);2*1H2;. The van der Waals surface area contributed by atoms with Crippen LogP contribution in [0.5, 0.6) is 0 Å². The summed E-state index contributed by atoms with van der Waals surface area (Å²) in [5.41, 5.74) is 1.32. The van der Waals surface area contributed by atoms with Crippen LogP contribution in [0.4, 0.5) is 0 Å². The van der Waals surface area contributed by atoms with E-state index < -0.39 is 23.9 Å². The number of rotatable bonds is 4. The Morgan fingerprint density at radius 1 is 0.333 bits per heavy atom. The van der Waals surface area contributed by atoms with Gasteiger partial charge in [-0.1, -0.05) is 72.8 Å². The van der Waals surface area contributed by atoms with Crippen molar-refractivity contribution in [2.75, 3.05) is 0 Å². The third-order valence-corrected chi connectivity index (χ3v) is 4.08. The quantitative estimate of drug-likeness (QED) is 0.263. The zero-order valence-corrected chi connectivity index (χ0v) is 22.0. The third-order valence-electron chi connectivity index (χ3n) is 4.08. The van der Waals surface area contributed by atoms with Gasteiger partial charge >= 0.3 is 23.9 Å². The number of carboxylic acids is 4. The van der Waals surface area contributed by atoms with Gasteiger partial charge in [0.1, 0.15) is 0 Å². The third kappa shape index (κ3) is 17.5. The summed E-state index contributed by atoms with van der Waals surface area (Å²) in [7, 11) is 0. The van der Waals surface area contributed by atoms with Crippen LogP contribution in [-0.2, 0) is 21.7 Å². The van der Waals surface area contributed by atoms with Gasteiger partial charge in [-0.15, -0.1) is 0 Å². The van der Waals surface area contributed by atoms with E-state index in [-0.39, 0.29) is 32.7 Å². The van der Waals surface area contributed by atoms with Gasteiger partial charge in [-0.2, -0.15) is 0 Å². The van der Waals surface area contributed by atoms with E-state index in [1.807, 2.05) is 0 Å². The Bertz CT molecular complexity index is 1020. The molecule has 39 heavy (non-hydrogen) atoms. The summed E-state index contributed by atoms with van der Waals surface area (Å²) in [5, 5.41) is 33.5. The Hall–Kier alpha value is -4.61. The fourth-order valence-electron chi connectivity index (χ4n) is 2.32. The minimum atomic E-state index is -0.879. The average molecular weight is 572 g/mol. The summed E-state index contributed by atoms with van der Waals surface area (Å²) in [4.78, 5) is 40.8. The van der Waals surface area contributed by atoms with Crippen LogP contribution in [0.15, 0.2) is 121 Å². The summed E-state index contributed by atoms with van der Waals surface area (Å²) >= 11 is 0. The van der Waals surface area contributed by atoms with E-state index in [1.165, 1.54) is 0 Å². The molecule has 0 fully saturated rings. The molecular weight excluding hydrogens is 544 g/mol. The predicted octanol–water partition coefficient (Wildman–Crippen LogP) is 3.89. The first-order chi connectivity index (χ1) is 17.2. The normalized spacial score (nSPS) is 8.21. The van der Waals surface area contributed by atoms with Crippen LogP contribution < -0.4 is 0 Å². The fourth-order valence-corrected chi connectivity index (χ4v) is 2.32. The van der Waals surface area contributed by atoms with Gasteiger partial charge in [-0.3, -0.25) is 0 Å². The summed E-state index contributed by atoms with van der Waals surface area (Å²) in [6.45, 7) is 0. The van der Waals surface area contributed by atoms with Crippen molar-refractivity contribution in [1.29, 1.82) is 0 Å². The van der Waals surface area contributed by atoms with Gasteiger partial charge in [0.2, 0.25) is 0 Å². The number of carboxylic acid groups (broad SMARTS) is 4. The molecule has 4 aromatic carbocycles. The van der Waals surface area contributed by atoms with E-state index in [0.717, 1.165) is 0 Å². The van der Waals surface area contributed by atoms with Gasteiger partial charge in [-0.05, 0) is 48.5 Å². The first-order valence-electron chi connectivity index (χ1n) is 10.4. The van der Waals surface area contributed by atoms with Crippen LogP contribution in [0.1, 0.15) is 41.4 Å². The van der Waals surface area contributed by atoms with E-state index in [4.69, 9.17) is 20.4 Å². The second-order valence-corrected chi connectivity index (χ2v) is 6.68. The molecule has 0 saturated heterocycles. The summed E-state index contributed by atoms with van der Waals surface area (Å²) in [6, 6.07) is 33.2. The second-order valence-electron chi connectivity index (χ2n) is 6.68. The Labute approximate surface area is 239 Å². The van der Waals surface area contributed by atoms with Crippen LogP contribution in [-0.4, -0.2) is 55.3 Å². The molecule has 0 radical (unpaired) electrons. The zero-order valence-electron chi connectivity index (χ0n) is 20.5. The molecule has 0 unspecified atom stereocenters. The number of aromatic carboxylic acids is 4. The maximum Gasteiger partial charge on any atom is 0.335 e. The molecule has 0 heterocycles. The van der Waals surface area contributed by atoms with Gasteiger partial charge in [0.25, 0.3) is 0 Å². The Balaban J connectivity index is -0.000000432. The average Bonchev–Trinajstić information content (AvgIpc) is 2.92. The summed E-state index contributed by atoms with van der Waals surface area (Å²) in [5.74, 6) is -3.52. The van der Waals surface area contributed by atoms with E-state index in [2.05, 4.69) is 0 Å². The Morgan fingerprint density at radius 2 is 0.462 bits per heavy atom. The summed E-state index contributed by atoms with van der Waals surface area (Å²) in [6.07, 6.45) is 0. The molecule has 0 aromatic heterocycles. The SMILES string of the molecule is O.O.O=C(O)c1ccccc1.O=C(O)c1ccccc1.O=C(O)c1ccccc1.O=C(O)c1ccccc1.[Ti].